The first-order valence-electron chi connectivity index (χ1n) is 8.70. The third kappa shape index (κ3) is 4.90. The van der Waals surface area contributed by atoms with Crippen LogP contribution < -0.4 is 0 Å². The summed E-state index contributed by atoms with van der Waals surface area (Å²) in [5.74, 6) is -0.624. The smallest absolute Gasteiger partial charge is 0.409 e. The van der Waals surface area contributed by atoms with Crippen molar-refractivity contribution < 1.29 is 26.9 Å². The van der Waals surface area contributed by atoms with E-state index in [9.17, 15) is 22.2 Å². The number of fused-ring (bicyclic) bond motifs is 1. The molecule has 1 aromatic rings. The standard InChI is InChI=1S/C19H26F3NO3S/c1-17(2,3)26-15(24)11-14-12-9-7-8-10-13(12)16(19(20,21)22)23(14)27(25)18(4,5)6/h7-10,14,16H,11H2,1-6H3/t14-,16-,27?/m1/s1. The highest BCUT2D eigenvalue weighted by Gasteiger charge is 2.56. The van der Waals surface area contributed by atoms with Gasteiger partial charge in [0.05, 0.1) is 17.2 Å². The van der Waals surface area contributed by atoms with Crippen LogP contribution in [-0.2, 0) is 20.5 Å². The molecule has 0 radical (unpaired) electrons. The second-order valence-corrected chi connectivity index (χ2v) is 10.7. The molecule has 0 aromatic heterocycles. The van der Waals surface area contributed by atoms with Crippen LogP contribution in [0.3, 0.4) is 0 Å². The first-order valence-corrected chi connectivity index (χ1v) is 9.81. The molecule has 0 spiro atoms. The molecule has 1 heterocycles. The molecular weight excluding hydrogens is 379 g/mol. The molecule has 8 heteroatoms. The largest absolute Gasteiger partial charge is 0.460 e. The van der Waals surface area contributed by atoms with Gasteiger partial charge in [0, 0.05) is 0 Å². The van der Waals surface area contributed by atoms with Gasteiger partial charge in [-0.15, -0.1) is 0 Å². The van der Waals surface area contributed by atoms with Crippen LogP contribution in [0.4, 0.5) is 13.2 Å². The van der Waals surface area contributed by atoms with Crippen molar-refractivity contribution in [3.8, 4) is 0 Å². The molecule has 0 amide bonds. The molecule has 152 valence electrons. The van der Waals surface area contributed by atoms with Crippen LogP contribution in [0.2, 0.25) is 0 Å². The zero-order valence-corrected chi connectivity index (χ0v) is 17.2. The van der Waals surface area contributed by atoms with E-state index in [0.717, 1.165) is 4.31 Å². The normalized spacial score (nSPS) is 22.4. The van der Waals surface area contributed by atoms with Gasteiger partial charge in [-0.1, -0.05) is 24.3 Å². The lowest BCUT2D eigenvalue weighted by molar-refractivity contribution is -0.175. The fourth-order valence-corrected chi connectivity index (χ4v) is 4.58. The molecule has 0 fully saturated rings. The monoisotopic (exact) mass is 405 g/mol. The van der Waals surface area contributed by atoms with Crippen molar-refractivity contribution in [3.05, 3.63) is 35.4 Å². The Kier molecular flexibility index (Phi) is 5.84. The van der Waals surface area contributed by atoms with E-state index in [1.165, 1.54) is 12.1 Å². The average molecular weight is 405 g/mol. The summed E-state index contributed by atoms with van der Waals surface area (Å²) >= 11 is 0. The molecule has 0 N–H and O–H groups in total. The van der Waals surface area contributed by atoms with Crippen molar-refractivity contribution in [2.75, 3.05) is 0 Å². The van der Waals surface area contributed by atoms with Gasteiger partial charge in [-0.05, 0) is 52.7 Å². The first kappa shape index (κ1) is 21.9. The highest BCUT2D eigenvalue weighted by molar-refractivity contribution is 7.84. The van der Waals surface area contributed by atoms with Crippen molar-refractivity contribution in [1.29, 1.82) is 0 Å². The topological polar surface area (TPSA) is 46.6 Å². The second kappa shape index (κ2) is 7.20. The second-order valence-electron chi connectivity index (χ2n) is 8.60. The maximum absolute atomic E-state index is 13.9. The molecule has 1 unspecified atom stereocenters. The number of esters is 1. The first-order chi connectivity index (χ1) is 12.1. The number of benzene rings is 1. The summed E-state index contributed by atoms with van der Waals surface area (Å²) < 4.78 is 60.1. The van der Waals surface area contributed by atoms with E-state index >= 15 is 0 Å². The van der Waals surface area contributed by atoms with E-state index in [0.29, 0.717) is 5.56 Å². The Labute approximate surface area is 160 Å². The quantitative estimate of drug-likeness (QED) is 0.676. The third-order valence-electron chi connectivity index (χ3n) is 4.02. The Bertz CT molecular complexity index is 735. The van der Waals surface area contributed by atoms with E-state index in [-0.39, 0.29) is 12.0 Å². The minimum atomic E-state index is -4.63. The Morgan fingerprint density at radius 3 is 2.04 bits per heavy atom. The summed E-state index contributed by atoms with van der Waals surface area (Å²) in [6.07, 6.45) is -4.93. The maximum Gasteiger partial charge on any atom is 0.409 e. The number of halogens is 3. The minimum absolute atomic E-state index is 0.0381. The Morgan fingerprint density at radius 2 is 1.59 bits per heavy atom. The molecule has 0 saturated carbocycles. The van der Waals surface area contributed by atoms with Gasteiger partial charge in [-0.3, -0.25) is 4.79 Å². The van der Waals surface area contributed by atoms with Crippen LogP contribution >= 0.6 is 0 Å². The highest BCUT2D eigenvalue weighted by atomic mass is 32.2. The maximum atomic E-state index is 13.9. The number of carbonyl (C=O) groups is 1. The molecular formula is C19H26F3NO3S. The number of nitrogens with zero attached hydrogens (tertiary/aromatic N) is 1. The number of carbonyl (C=O) groups excluding carboxylic acids is 1. The summed E-state index contributed by atoms with van der Waals surface area (Å²) in [7, 11) is -1.98. The van der Waals surface area contributed by atoms with Crippen molar-refractivity contribution in [2.45, 2.75) is 76.6 Å². The third-order valence-corrected chi connectivity index (χ3v) is 5.91. The summed E-state index contributed by atoms with van der Waals surface area (Å²) in [4.78, 5) is 12.4. The van der Waals surface area contributed by atoms with Gasteiger partial charge >= 0.3 is 12.1 Å². The Balaban J connectivity index is 2.53. The Morgan fingerprint density at radius 1 is 1.07 bits per heavy atom. The van der Waals surface area contributed by atoms with Gasteiger partial charge in [0.2, 0.25) is 0 Å². The van der Waals surface area contributed by atoms with Crippen LogP contribution in [0.5, 0.6) is 0 Å². The molecule has 1 aromatic carbocycles. The SMILES string of the molecule is CC(C)(C)OC(=O)C[C@@H]1c2ccccc2[C@H](C(F)(F)F)N1S(=O)C(C)(C)C. The number of ether oxygens (including phenoxy) is 1. The molecule has 3 atom stereocenters. The van der Waals surface area contributed by atoms with Crippen molar-refractivity contribution in [3.63, 3.8) is 0 Å². The zero-order valence-electron chi connectivity index (χ0n) is 16.4. The van der Waals surface area contributed by atoms with Gasteiger partial charge in [0.1, 0.15) is 22.6 Å². The molecule has 0 bridgehead atoms. The van der Waals surface area contributed by atoms with E-state index in [4.69, 9.17) is 4.74 Å². The fourth-order valence-electron chi connectivity index (χ4n) is 3.11. The van der Waals surface area contributed by atoms with Crippen molar-refractivity contribution in [2.24, 2.45) is 0 Å². The number of alkyl halides is 3. The van der Waals surface area contributed by atoms with Crippen LogP contribution in [-0.4, -0.2) is 31.0 Å². The number of rotatable bonds is 3. The number of hydrogen-bond acceptors (Lipinski definition) is 3. The van der Waals surface area contributed by atoms with Gasteiger partial charge < -0.3 is 4.74 Å². The molecule has 0 aliphatic carbocycles. The van der Waals surface area contributed by atoms with Crippen LogP contribution in [0, 0.1) is 0 Å². The minimum Gasteiger partial charge on any atom is -0.460 e. The Hall–Kier alpha value is -1.41. The van der Waals surface area contributed by atoms with Gasteiger partial charge in [0.25, 0.3) is 0 Å². The molecule has 0 saturated heterocycles. The fraction of sp³-hybridized carbons (Fsp3) is 0.632. The van der Waals surface area contributed by atoms with E-state index in [1.807, 2.05) is 0 Å². The summed E-state index contributed by atoms with van der Waals surface area (Å²) in [5, 5.41) is 0. The van der Waals surface area contributed by atoms with Crippen molar-refractivity contribution >= 4 is 17.0 Å². The lowest BCUT2D eigenvalue weighted by Crippen LogP contribution is -2.43. The zero-order chi connectivity index (χ0) is 20.8. The van der Waals surface area contributed by atoms with E-state index in [1.54, 1.807) is 53.7 Å². The lowest BCUT2D eigenvalue weighted by atomic mass is 10.00. The average Bonchev–Trinajstić information content (AvgIpc) is 2.78. The molecule has 1 aliphatic rings. The summed E-state index contributed by atoms with van der Waals surface area (Å²) in [6, 6.07) is 3.09. The predicted octanol–water partition coefficient (Wildman–Crippen LogP) is 4.84. The molecule has 4 nitrogen and oxygen atoms in total. The van der Waals surface area contributed by atoms with Gasteiger partial charge in [-0.2, -0.15) is 17.5 Å². The molecule has 2 rings (SSSR count). The summed E-state index contributed by atoms with van der Waals surface area (Å²) in [5.41, 5.74) is -0.355. The summed E-state index contributed by atoms with van der Waals surface area (Å²) in [6.45, 7) is 9.92. The highest BCUT2D eigenvalue weighted by Crippen LogP contribution is 2.52. The van der Waals surface area contributed by atoms with Crippen LogP contribution in [0.15, 0.2) is 24.3 Å². The van der Waals surface area contributed by atoms with Crippen molar-refractivity contribution in [1.82, 2.24) is 4.31 Å². The van der Waals surface area contributed by atoms with Gasteiger partial charge in [-0.25, -0.2) is 4.21 Å². The lowest BCUT2D eigenvalue weighted by Gasteiger charge is -2.35. The van der Waals surface area contributed by atoms with E-state index < -0.39 is 45.6 Å². The van der Waals surface area contributed by atoms with Crippen LogP contribution in [0.1, 0.15) is 71.2 Å². The van der Waals surface area contributed by atoms with Crippen LogP contribution in [0.25, 0.3) is 0 Å². The predicted molar refractivity (Wildman–Crippen MR) is 98.2 cm³/mol. The van der Waals surface area contributed by atoms with E-state index in [2.05, 4.69) is 0 Å². The molecule has 27 heavy (non-hydrogen) atoms. The number of hydrogen-bond donors (Lipinski definition) is 0. The van der Waals surface area contributed by atoms with Gasteiger partial charge in [0.15, 0.2) is 0 Å². The molecule has 1 aliphatic heterocycles.